The van der Waals surface area contributed by atoms with Gasteiger partial charge in [0.05, 0.1) is 6.61 Å². The Morgan fingerprint density at radius 2 is 1.58 bits per heavy atom. The monoisotopic (exact) mass is 385 g/mol. The van der Waals surface area contributed by atoms with Crippen LogP contribution in [0.25, 0.3) is 0 Å². The van der Waals surface area contributed by atoms with Crippen molar-refractivity contribution in [1.82, 2.24) is 0 Å². The van der Waals surface area contributed by atoms with Crippen molar-refractivity contribution < 1.29 is 36.8 Å². The zero-order valence-corrected chi connectivity index (χ0v) is 15.9. The van der Waals surface area contributed by atoms with Crippen molar-refractivity contribution in [3.63, 3.8) is 0 Å². The third-order valence-electron chi connectivity index (χ3n) is 2.77. The Morgan fingerprint density at radius 3 is 2.12 bits per heavy atom. The largest absolute Gasteiger partial charge is 0.481 e. The molecule has 0 spiro atoms. The molecule has 0 rings (SSSR count). The lowest BCUT2D eigenvalue weighted by atomic mass is 10.1. The van der Waals surface area contributed by atoms with E-state index in [0.717, 1.165) is 24.5 Å². The molecular formula is C15H28O7P2. The number of hydrogen-bond acceptors (Lipinski definition) is 4. The Balaban J connectivity index is 4.77. The predicted octanol–water partition coefficient (Wildman–Crippen LogP) is 4.63. The minimum Gasteiger partial charge on any atom is -0.302 e. The second-order valence-corrected chi connectivity index (χ2v) is 8.30. The van der Waals surface area contributed by atoms with E-state index in [-0.39, 0.29) is 12.0 Å². The van der Waals surface area contributed by atoms with E-state index in [1.807, 2.05) is 26.8 Å². The van der Waals surface area contributed by atoms with Gasteiger partial charge in [0, 0.05) is 4.11 Å². The van der Waals surface area contributed by atoms with Crippen LogP contribution in [0.1, 0.15) is 57.4 Å². The van der Waals surface area contributed by atoms with Crippen LogP contribution in [0.2, 0.25) is 0 Å². The molecule has 0 saturated heterocycles. The van der Waals surface area contributed by atoms with Crippen molar-refractivity contribution in [2.45, 2.75) is 53.3 Å². The summed E-state index contributed by atoms with van der Waals surface area (Å²) >= 11 is 0. The molecule has 0 radical (unpaired) electrons. The van der Waals surface area contributed by atoms with Gasteiger partial charge in [-0.2, -0.15) is 4.31 Å². The fourth-order valence-corrected chi connectivity index (χ4v) is 3.18. The van der Waals surface area contributed by atoms with Crippen molar-refractivity contribution in [1.29, 1.82) is 0 Å². The van der Waals surface area contributed by atoms with Gasteiger partial charge in [0.2, 0.25) is 0 Å². The van der Waals surface area contributed by atoms with Crippen molar-refractivity contribution in [3.05, 3.63) is 34.9 Å². The van der Waals surface area contributed by atoms with E-state index in [9.17, 15) is 14.0 Å². The molecule has 0 fully saturated rings. The van der Waals surface area contributed by atoms with Crippen LogP contribution in [-0.4, -0.2) is 21.3 Å². The van der Waals surface area contributed by atoms with Gasteiger partial charge in [-0.3, -0.25) is 4.52 Å². The number of phosphoric ester groups is 1. The highest BCUT2D eigenvalue weighted by atomic mass is 31.3. The molecule has 0 aromatic rings. The van der Waals surface area contributed by atoms with Gasteiger partial charge in [-0.05, 0) is 53.3 Å². The summed E-state index contributed by atoms with van der Waals surface area (Å²) in [5.74, 6) is 0. The topological polar surface area (TPSA) is 113 Å². The Morgan fingerprint density at radius 1 is 1.00 bits per heavy atom. The standard InChI is InChI=1S/C15H28O7P2/c1-13(2)7-5-8-14(3)9-6-10-15(4)11-12-21-24(19,20)22-23(16,17)18/h7,9,11H,5-6,8,10,12H2,1-4H3,(H,19,20)(H2,16,17,18)/b14-9+,15-11-/i4D3. The third-order valence-corrected chi connectivity index (χ3v) is 4.93. The van der Waals surface area contributed by atoms with E-state index in [1.54, 1.807) is 0 Å². The quantitative estimate of drug-likeness (QED) is 0.351. The first-order chi connectivity index (χ1) is 12.1. The smallest absolute Gasteiger partial charge is 0.302 e. The molecule has 0 bridgehead atoms. The van der Waals surface area contributed by atoms with Crippen molar-refractivity contribution in [2.75, 3.05) is 6.61 Å². The molecule has 140 valence electrons. The summed E-state index contributed by atoms with van der Waals surface area (Å²) in [5.41, 5.74) is 2.38. The Labute approximate surface area is 148 Å². The van der Waals surface area contributed by atoms with Gasteiger partial charge in [-0.15, -0.1) is 0 Å². The van der Waals surface area contributed by atoms with Crippen LogP contribution in [0.4, 0.5) is 0 Å². The van der Waals surface area contributed by atoms with Gasteiger partial charge >= 0.3 is 15.6 Å². The molecule has 0 aromatic carbocycles. The summed E-state index contributed by atoms with van der Waals surface area (Å²) in [7, 11) is -10.2. The number of phosphoric acid groups is 2. The van der Waals surface area contributed by atoms with Crippen LogP contribution in [-0.2, 0) is 18.0 Å². The fourth-order valence-electron chi connectivity index (χ4n) is 1.66. The summed E-state index contributed by atoms with van der Waals surface area (Å²) in [4.78, 5) is 26.2. The van der Waals surface area contributed by atoms with Crippen molar-refractivity contribution in [3.8, 4) is 0 Å². The van der Waals surface area contributed by atoms with Crippen LogP contribution < -0.4 is 0 Å². The molecular weight excluding hydrogens is 354 g/mol. The van der Waals surface area contributed by atoms with E-state index in [1.165, 1.54) is 5.57 Å². The normalized spacial score (nSPS) is 18.3. The molecule has 0 aromatic heterocycles. The van der Waals surface area contributed by atoms with Gasteiger partial charge in [0.15, 0.2) is 0 Å². The maximum atomic E-state index is 11.3. The van der Waals surface area contributed by atoms with Crippen LogP contribution in [0, 0.1) is 0 Å². The summed E-state index contributed by atoms with van der Waals surface area (Å²) in [6.07, 6.45) is 7.60. The van der Waals surface area contributed by atoms with Crippen LogP contribution in [0.5, 0.6) is 0 Å². The predicted molar refractivity (Wildman–Crippen MR) is 94.3 cm³/mol. The van der Waals surface area contributed by atoms with E-state index < -0.39 is 29.1 Å². The van der Waals surface area contributed by atoms with Gasteiger partial charge in [-0.1, -0.05) is 34.9 Å². The van der Waals surface area contributed by atoms with E-state index in [2.05, 4.69) is 14.9 Å². The van der Waals surface area contributed by atoms with E-state index >= 15 is 0 Å². The van der Waals surface area contributed by atoms with Gasteiger partial charge in [0.25, 0.3) is 0 Å². The molecule has 24 heavy (non-hydrogen) atoms. The van der Waals surface area contributed by atoms with E-state index in [4.69, 9.17) is 13.9 Å². The first-order valence-corrected chi connectivity index (χ1v) is 10.4. The SMILES string of the molecule is [2H]C([2H])([2H])/C(=C/COP(=O)(O)OP(=O)(O)O)CC/C=C(\C)CCC=C(C)C. The second kappa shape index (κ2) is 11.2. The van der Waals surface area contributed by atoms with Crippen molar-refractivity contribution in [2.24, 2.45) is 0 Å². The Hall–Kier alpha value is -0.520. The third kappa shape index (κ3) is 15.0. The van der Waals surface area contributed by atoms with Gasteiger partial charge < -0.3 is 14.7 Å². The Bertz CT molecular complexity index is 659. The number of hydrogen-bond donors (Lipinski definition) is 3. The molecule has 0 heterocycles. The zero-order valence-electron chi connectivity index (χ0n) is 17.1. The average molecular weight is 385 g/mol. The molecule has 0 aliphatic carbocycles. The van der Waals surface area contributed by atoms with Crippen LogP contribution in [0.15, 0.2) is 34.9 Å². The summed E-state index contributed by atoms with van der Waals surface area (Å²) < 4.78 is 52.4. The minimum absolute atomic E-state index is 0.0204. The molecule has 9 heteroatoms. The van der Waals surface area contributed by atoms with Crippen molar-refractivity contribution >= 4 is 15.6 Å². The molecule has 7 nitrogen and oxygen atoms in total. The summed E-state index contributed by atoms with van der Waals surface area (Å²) in [6.45, 7) is 2.94. The molecule has 0 aliphatic rings. The molecule has 1 atom stereocenters. The summed E-state index contributed by atoms with van der Waals surface area (Å²) in [6, 6.07) is 0. The molecule has 0 aliphatic heterocycles. The van der Waals surface area contributed by atoms with Crippen LogP contribution >= 0.6 is 15.6 Å². The second-order valence-electron chi connectivity index (χ2n) is 5.48. The lowest BCUT2D eigenvalue weighted by Gasteiger charge is -2.11. The molecule has 1 unspecified atom stereocenters. The minimum atomic E-state index is -5.21. The highest BCUT2D eigenvalue weighted by Gasteiger charge is 2.31. The van der Waals surface area contributed by atoms with E-state index in [0.29, 0.717) is 6.42 Å². The average Bonchev–Trinajstić information content (AvgIpc) is 2.41. The first kappa shape index (κ1) is 18.3. The summed E-state index contributed by atoms with van der Waals surface area (Å²) in [5, 5.41) is 0. The number of rotatable bonds is 11. The lowest BCUT2D eigenvalue weighted by molar-refractivity contribution is 0.191. The highest BCUT2D eigenvalue weighted by Crippen LogP contribution is 2.57. The first-order valence-electron chi connectivity index (χ1n) is 8.85. The Kier molecular flexibility index (Phi) is 8.50. The van der Waals surface area contributed by atoms with Gasteiger partial charge in [0.1, 0.15) is 0 Å². The number of allylic oxidation sites excluding steroid dienone is 5. The highest BCUT2D eigenvalue weighted by molar-refractivity contribution is 7.60. The maximum Gasteiger partial charge on any atom is 0.481 e. The molecule has 0 saturated carbocycles. The fraction of sp³-hybridized carbons (Fsp3) is 0.600. The van der Waals surface area contributed by atoms with Crippen LogP contribution in [0.3, 0.4) is 0 Å². The lowest BCUT2D eigenvalue weighted by Crippen LogP contribution is -1.94. The maximum absolute atomic E-state index is 11.3. The molecule has 3 N–H and O–H groups in total. The zero-order chi connectivity index (χ0) is 21.3. The van der Waals surface area contributed by atoms with Gasteiger partial charge in [-0.25, -0.2) is 9.13 Å². The molecule has 0 amide bonds.